The van der Waals surface area contributed by atoms with Gasteiger partial charge in [-0.05, 0) is 12.1 Å². The summed E-state index contributed by atoms with van der Waals surface area (Å²) in [5, 5.41) is 0. The standard InChI is InChI=1S/C12H12F3N3O2/c13-12(14,15)9-7-11(3-6-19-9)17-10(18-20-11)8-1-4-16-5-2-8/h1-2,4-5,9H,3,6-7H2,(H,17,18). The molecule has 2 aliphatic heterocycles. The lowest BCUT2D eigenvalue weighted by molar-refractivity contribution is -0.258. The second-order valence-corrected chi connectivity index (χ2v) is 4.70. The Kier molecular flexibility index (Phi) is 3.14. The molecular weight excluding hydrogens is 275 g/mol. The maximum absolute atomic E-state index is 12.7. The van der Waals surface area contributed by atoms with Crippen LogP contribution in [0, 0.1) is 0 Å². The number of amidine groups is 1. The largest absolute Gasteiger partial charge is 0.414 e. The molecule has 1 N–H and O–H groups in total. The smallest absolute Gasteiger partial charge is 0.368 e. The minimum atomic E-state index is -4.41. The summed E-state index contributed by atoms with van der Waals surface area (Å²) in [6.07, 6.45) is -3.18. The Morgan fingerprint density at radius 3 is 2.75 bits per heavy atom. The fourth-order valence-electron chi connectivity index (χ4n) is 2.24. The lowest BCUT2D eigenvalue weighted by atomic mass is 9.99. The number of nitrogens with one attached hydrogen (secondary N) is 1. The Bertz CT molecular complexity index is 520. The van der Waals surface area contributed by atoms with Gasteiger partial charge in [-0.3, -0.25) is 4.98 Å². The van der Waals surface area contributed by atoms with E-state index in [1.807, 2.05) is 0 Å². The first-order chi connectivity index (χ1) is 9.49. The summed E-state index contributed by atoms with van der Waals surface area (Å²) in [5.41, 5.74) is 2.11. The number of nitrogens with zero attached hydrogens (tertiary/aromatic N) is 2. The average Bonchev–Trinajstić information content (AvgIpc) is 2.83. The predicted octanol–water partition coefficient (Wildman–Crippen LogP) is 1.80. The number of halogens is 3. The normalized spacial score (nSPS) is 30.1. The monoisotopic (exact) mass is 287 g/mol. The summed E-state index contributed by atoms with van der Waals surface area (Å²) < 4.78 is 43.0. The van der Waals surface area contributed by atoms with E-state index in [-0.39, 0.29) is 19.4 Å². The van der Waals surface area contributed by atoms with Gasteiger partial charge in [0.05, 0.1) is 6.61 Å². The molecule has 2 atom stereocenters. The predicted molar refractivity (Wildman–Crippen MR) is 62.8 cm³/mol. The molecular formula is C12H12F3N3O2. The molecule has 1 fully saturated rings. The number of hydrogen-bond donors (Lipinski definition) is 1. The van der Waals surface area contributed by atoms with E-state index in [4.69, 9.17) is 9.57 Å². The molecule has 0 bridgehead atoms. The molecule has 20 heavy (non-hydrogen) atoms. The van der Waals surface area contributed by atoms with Crippen LogP contribution in [0.15, 0.2) is 29.5 Å². The lowest BCUT2D eigenvalue weighted by Gasteiger charge is -2.34. The van der Waals surface area contributed by atoms with Crippen molar-refractivity contribution in [1.82, 2.24) is 10.5 Å². The van der Waals surface area contributed by atoms with Crippen LogP contribution in [0.2, 0.25) is 0 Å². The van der Waals surface area contributed by atoms with E-state index >= 15 is 0 Å². The van der Waals surface area contributed by atoms with E-state index in [2.05, 4.69) is 15.5 Å². The summed E-state index contributed by atoms with van der Waals surface area (Å²) in [6.45, 7) is -0.0427. The van der Waals surface area contributed by atoms with Crippen LogP contribution in [0.5, 0.6) is 0 Å². The van der Waals surface area contributed by atoms with Crippen LogP contribution in [0.25, 0.3) is 0 Å². The van der Waals surface area contributed by atoms with Gasteiger partial charge < -0.3 is 4.74 Å². The maximum atomic E-state index is 12.7. The number of hydrogen-bond acceptors (Lipinski definition) is 5. The molecule has 1 saturated heterocycles. The van der Waals surface area contributed by atoms with E-state index in [1.165, 1.54) is 0 Å². The van der Waals surface area contributed by atoms with Crippen molar-refractivity contribution >= 4 is 5.84 Å². The van der Waals surface area contributed by atoms with Crippen LogP contribution in [-0.2, 0) is 9.57 Å². The first kappa shape index (κ1) is 13.3. The van der Waals surface area contributed by atoms with E-state index in [9.17, 15) is 13.2 Å². The molecule has 3 heterocycles. The second-order valence-electron chi connectivity index (χ2n) is 4.70. The highest BCUT2D eigenvalue weighted by Crippen LogP contribution is 2.38. The molecule has 1 aromatic rings. The van der Waals surface area contributed by atoms with Crippen molar-refractivity contribution in [2.24, 2.45) is 4.99 Å². The summed E-state index contributed by atoms with van der Waals surface area (Å²) in [4.78, 5) is 13.5. The van der Waals surface area contributed by atoms with Crippen molar-refractivity contribution in [3.05, 3.63) is 30.1 Å². The molecule has 0 aliphatic carbocycles. The second kappa shape index (κ2) is 4.71. The van der Waals surface area contributed by atoms with Gasteiger partial charge in [-0.25, -0.2) is 15.3 Å². The topological polar surface area (TPSA) is 55.7 Å². The van der Waals surface area contributed by atoms with E-state index < -0.39 is 18.0 Å². The van der Waals surface area contributed by atoms with Crippen LogP contribution < -0.4 is 5.48 Å². The molecule has 108 valence electrons. The van der Waals surface area contributed by atoms with Crippen molar-refractivity contribution < 1.29 is 22.7 Å². The van der Waals surface area contributed by atoms with Crippen LogP contribution in [0.1, 0.15) is 18.4 Å². The van der Waals surface area contributed by atoms with Crippen molar-refractivity contribution in [2.75, 3.05) is 6.61 Å². The third-order valence-electron chi connectivity index (χ3n) is 3.29. The summed E-state index contributed by atoms with van der Waals surface area (Å²) in [6, 6.07) is 3.41. The molecule has 1 aromatic heterocycles. The fourth-order valence-corrected chi connectivity index (χ4v) is 2.24. The molecule has 0 aromatic carbocycles. The molecule has 1 spiro atoms. The van der Waals surface area contributed by atoms with E-state index in [0.717, 1.165) is 0 Å². The van der Waals surface area contributed by atoms with Crippen LogP contribution in [-0.4, -0.2) is 35.4 Å². The van der Waals surface area contributed by atoms with Gasteiger partial charge in [0.15, 0.2) is 17.7 Å². The van der Waals surface area contributed by atoms with Gasteiger partial charge in [-0.2, -0.15) is 13.2 Å². The van der Waals surface area contributed by atoms with Crippen molar-refractivity contribution in [3.8, 4) is 0 Å². The zero-order valence-corrected chi connectivity index (χ0v) is 10.4. The highest BCUT2D eigenvalue weighted by atomic mass is 19.4. The van der Waals surface area contributed by atoms with Crippen molar-refractivity contribution in [3.63, 3.8) is 0 Å². The molecule has 0 radical (unpaired) electrons. The number of aliphatic imine (C=N–C) groups is 1. The van der Waals surface area contributed by atoms with Gasteiger partial charge in [0.2, 0.25) is 0 Å². The first-order valence-corrected chi connectivity index (χ1v) is 6.11. The molecule has 8 heteroatoms. The molecule has 2 unspecified atom stereocenters. The Balaban J connectivity index is 1.82. The van der Waals surface area contributed by atoms with Crippen molar-refractivity contribution in [1.29, 1.82) is 0 Å². The molecule has 3 rings (SSSR count). The average molecular weight is 287 g/mol. The van der Waals surface area contributed by atoms with Crippen molar-refractivity contribution in [2.45, 2.75) is 30.8 Å². The van der Waals surface area contributed by atoms with E-state index in [1.54, 1.807) is 24.5 Å². The Labute approximate surface area is 112 Å². The fraction of sp³-hybridized carbons (Fsp3) is 0.500. The number of aromatic nitrogens is 1. The Hall–Kier alpha value is -1.67. The maximum Gasteiger partial charge on any atom is 0.414 e. The van der Waals surface area contributed by atoms with Gasteiger partial charge in [0.25, 0.3) is 0 Å². The zero-order chi connectivity index (χ0) is 14.2. The number of pyridine rings is 1. The molecule has 0 saturated carbocycles. The van der Waals surface area contributed by atoms with Crippen LogP contribution in [0.3, 0.4) is 0 Å². The summed E-state index contributed by atoms with van der Waals surface area (Å²) in [5.74, 6) is 0.412. The van der Waals surface area contributed by atoms with E-state index in [0.29, 0.717) is 11.4 Å². The van der Waals surface area contributed by atoms with Crippen LogP contribution in [0.4, 0.5) is 13.2 Å². The summed E-state index contributed by atoms with van der Waals surface area (Å²) >= 11 is 0. The summed E-state index contributed by atoms with van der Waals surface area (Å²) in [7, 11) is 0. The number of hydroxylamine groups is 1. The third-order valence-corrected chi connectivity index (χ3v) is 3.29. The quantitative estimate of drug-likeness (QED) is 0.855. The highest BCUT2D eigenvalue weighted by Gasteiger charge is 2.51. The Morgan fingerprint density at radius 1 is 1.30 bits per heavy atom. The Morgan fingerprint density at radius 2 is 2.05 bits per heavy atom. The third kappa shape index (κ3) is 2.48. The molecule has 0 amide bonds. The minimum absolute atomic E-state index is 0.0427. The van der Waals surface area contributed by atoms with Gasteiger partial charge >= 0.3 is 6.18 Å². The van der Waals surface area contributed by atoms with Gasteiger partial charge in [-0.1, -0.05) is 0 Å². The van der Waals surface area contributed by atoms with Crippen LogP contribution >= 0.6 is 0 Å². The number of alkyl halides is 3. The van der Waals surface area contributed by atoms with Gasteiger partial charge in [-0.15, -0.1) is 0 Å². The first-order valence-electron chi connectivity index (χ1n) is 6.11. The SMILES string of the molecule is FC(F)(F)C1CC2(CCO1)N=C(c1ccncc1)NO2. The number of ether oxygens (including phenoxy) is 1. The number of rotatable bonds is 1. The lowest BCUT2D eigenvalue weighted by Crippen LogP contribution is -2.46. The molecule has 2 aliphatic rings. The highest BCUT2D eigenvalue weighted by molar-refractivity contribution is 5.98. The molecule has 5 nitrogen and oxygen atoms in total. The minimum Gasteiger partial charge on any atom is -0.368 e. The zero-order valence-electron chi connectivity index (χ0n) is 10.4. The van der Waals surface area contributed by atoms with Gasteiger partial charge in [0.1, 0.15) is 0 Å². The van der Waals surface area contributed by atoms with Gasteiger partial charge in [0, 0.05) is 30.8 Å².